The molecule has 28 heavy (non-hydrogen) atoms. The summed E-state index contributed by atoms with van der Waals surface area (Å²) in [5, 5.41) is 0. The van der Waals surface area contributed by atoms with Crippen molar-refractivity contribution in [1.82, 2.24) is 9.80 Å². The molecule has 1 aliphatic rings. The molecule has 0 aromatic heterocycles. The Bertz CT molecular complexity index is 801. The van der Waals surface area contributed by atoms with Gasteiger partial charge in [0.2, 0.25) is 11.8 Å². The fourth-order valence-electron chi connectivity index (χ4n) is 3.64. The van der Waals surface area contributed by atoms with Crippen LogP contribution in [0.15, 0.2) is 54.6 Å². The summed E-state index contributed by atoms with van der Waals surface area (Å²) in [6.07, 6.45) is 1.42. The Balaban J connectivity index is 1.45. The molecule has 0 saturated carbocycles. The van der Waals surface area contributed by atoms with E-state index in [0.717, 1.165) is 12.0 Å². The van der Waals surface area contributed by atoms with E-state index in [1.807, 2.05) is 42.2 Å². The Morgan fingerprint density at radius 2 is 1.54 bits per heavy atom. The number of rotatable bonds is 6. The zero-order chi connectivity index (χ0) is 19.9. The topological polar surface area (TPSA) is 40.6 Å². The fraction of sp³-hybridized carbons (Fsp3) is 0.391. The predicted octanol–water partition coefficient (Wildman–Crippen LogP) is 3.31. The van der Waals surface area contributed by atoms with Crippen molar-refractivity contribution in [1.29, 1.82) is 0 Å². The van der Waals surface area contributed by atoms with E-state index in [9.17, 15) is 14.0 Å². The normalized spacial score (nSPS) is 15.4. The molecule has 2 amide bonds. The van der Waals surface area contributed by atoms with Gasteiger partial charge >= 0.3 is 0 Å². The maximum absolute atomic E-state index is 13.7. The number of hydrogen-bond acceptors (Lipinski definition) is 2. The summed E-state index contributed by atoms with van der Waals surface area (Å²) in [5.41, 5.74) is 1.73. The zero-order valence-electron chi connectivity index (χ0n) is 16.3. The molecule has 0 bridgehead atoms. The highest BCUT2D eigenvalue weighted by Crippen LogP contribution is 2.15. The average molecular weight is 382 g/mol. The molecule has 0 radical (unpaired) electrons. The maximum Gasteiger partial charge on any atom is 0.225 e. The van der Waals surface area contributed by atoms with Gasteiger partial charge in [0, 0.05) is 38.5 Å². The first-order valence-corrected chi connectivity index (χ1v) is 9.88. The summed E-state index contributed by atoms with van der Waals surface area (Å²) < 4.78 is 13.7. The predicted molar refractivity (Wildman–Crippen MR) is 107 cm³/mol. The van der Waals surface area contributed by atoms with Gasteiger partial charge in [-0.2, -0.15) is 0 Å². The minimum Gasteiger partial charge on any atom is -0.339 e. The second-order valence-corrected chi connectivity index (χ2v) is 7.39. The van der Waals surface area contributed by atoms with Crippen LogP contribution in [0.1, 0.15) is 24.5 Å². The van der Waals surface area contributed by atoms with E-state index >= 15 is 0 Å². The Hall–Kier alpha value is -2.69. The fourth-order valence-corrected chi connectivity index (χ4v) is 3.64. The highest BCUT2D eigenvalue weighted by Gasteiger charge is 2.26. The monoisotopic (exact) mass is 382 g/mol. The molecule has 1 saturated heterocycles. The van der Waals surface area contributed by atoms with Crippen molar-refractivity contribution >= 4 is 11.8 Å². The van der Waals surface area contributed by atoms with E-state index in [4.69, 9.17) is 0 Å². The second-order valence-electron chi connectivity index (χ2n) is 7.39. The van der Waals surface area contributed by atoms with E-state index in [1.165, 1.54) is 6.07 Å². The SMILES string of the molecule is CC(Cc1ccccc1)C(=O)N1CCN(C(=O)CCc2ccccc2F)CC1. The van der Waals surface area contributed by atoms with Crippen molar-refractivity contribution in [2.45, 2.75) is 26.2 Å². The van der Waals surface area contributed by atoms with Gasteiger partial charge in [-0.05, 0) is 30.0 Å². The Kier molecular flexibility index (Phi) is 6.80. The molecule has 2 aromatic rings. The largest absolute Gasteiger partial charge is 0.339 e. The Morgan fingerprint density at radius 3 is 2.21 bits per heavy atom. The molecule has 0 aliphatic carbocycles. The van der Waals surface area contributed by atoms with Crippen molar-refractivity contribution in [3.8, 4) is 0 Å². The first-order valence-electron chi connectivity index (χ1n) is 9.88. The van der Waals surface area contributed by atoms with Crippen molar-refractivity contribution in [3.05, 3.63) is 71.5 Å². The molecule has 1 heterocycles. The lowest BCUT2D eigenvalue weighted by Crippen LogP contribution is -2.52. The van der Waals surface area contributed by atoms with Gasteiger partial charge in [0.1, 0.15) is 5.82 Å². The van der Waals surface area contributed by atoms with Crippen LogP contribution < -0.4 is 0 Å². The number of hydrogen-bond donors (Lipinski definition) is 0. The molecule has 5 heteroatoms. The molecule has 2 aromatic carbocycles. The van der Waals surface area contributed by atoms with Crippen LogP contribution in [0.4, 0.5) is 4.39 Å². The summed E-state index contributed by atoms with van der Waals surface area (Å²) in [4.78, 5) is 28.8. The van der Waals surface area contributed by atoms with Gasteiger partial charge in [0.15, 0.2) is 0 Å². The molecule has 1 fully saturated rings. The lowest BCUT2D eigenvalue weighted by atomic mass is 9.99. The van der Waals surface area contributed by atoms with Crippen LogP contribution >= 0.6 is 0 Å². The van der Waals surface area contributed by atoms with Crippen LogP contribution in [0.3, 0.4) is 0 Å². The second kappa shape index (κ2) is 9.49. The summed E-state index contributed by atoms with van der Waals surface area (Å²) in [6.45, 7) is 4.16. The van der Waals surface area contributed by atoms with Crippen molar-refractivity contribution in [2.24, 2.45) is 5.92 Å². The van der Waals surface area contributed by atoms with E-state index in [1.54, 1.807) is 23.1 Å². The number of aryl methyl sites for hydroxylation is 1. The third-order valence-corrected chi connectivity index (χ3v) is 5.32. The van der Waals surface area contributed by atoms with Gasteiger partial charge < -0.3 is 9.80 Å². The minimum absolute atomic E-state index is 0.0210. The average Bonchev–Trinajstić information content (AvgIpc) is 2.73. The smallest absolute Gasteiger partial charge is 0.225 e. The van der Waals surface area contributed by atoms with Crippen LogP contribution in [-0.2, 0) is 22.4 Å². The molecular formula is C23H27FN2O2. The number of nitrogens with zero attached hydrogens (tertiary/aromatic N) is 2. The van der Waals surface area contributed by atoms with Gasteiger partial charge in [-0.1, -0.05) is 55.5 Å². The number of benzene rings is 2. The molecule has 0 spiro atoms. The molecule has 1 unspecified atom stereocenters. The van der Waals surface area contributed by atoms with Crippen molar-refractivity contribution < 1.29 is 14.0 Å². The van der Waals surface area contributed by atoms with Crippen molar-refractivity contribution in [2.75, 3.05) is 26.2 Å². The van der Waals surface area contributed by atoms with E-state index in [0.29, 0.717) is 44.6 Å². The minimum atomic E-state index is -0.266. The zero-order valence-corrected chi connectivity index (χ0v) is 16.3. The molecular weight excluding hydrogens is 355 g/mol. The maximum atomic E-state index is 13.7. The van der Waals surface area contributed by atoms with Gasteiger partial charge in [-0.15, -0.1) is 0 Å². The number of carbonyl (C=O) groups excluding carboxylic acids is 2. The van der Waals surface area contributed by atoms with Crippen LogP contribution in [0.2, 0.25) is 0 Å². The van der Waals surface area contributed by atoms with Crippen molar-refractivity contribution in [3.63, 3.8) is 0 Å². The third-order valence-electron chi connectivity index (χ3n) is 5.32. The molecule has 4 nitrogen and oxygen atoms in total. The summed E-state index contributed by atoms with van der Waals surface area (Å²) in [7, 11) is 0. The van der Waals surface area contributed by atoms with E-state index < -0.39 is 0 Å². The van der Waals surface area contributed by atoms with Crippen LogP contribution in [0, 0.1) is 11.7 Å². The van der Waals surface area contributed by atoms with Gasteiger partial charge in [0.05, 0.1) is 0 Å². The molecule has 0 N–H and O–H groups in total. The van der Waals surface area contributed by atoms with E-state index in [-0.39, 0.29) is 23.5 Å². The summed E-state index contributed by atoms with van der Waals surface area (Å²) in [6, 6.07) is 16.6. The number of halogens is 1. The molecule has 3 rings (SSSR count). The standard InChI is InChI=1S/C23H27FN2O2/c1-18(17-19-7-3-2-4-8-19)23(28)26-15-13-25(14-16-26)22(27)12-11-20-9-5-6-10-21(20)24/h2-10,18H,11-17H2,1H3. The molecule has 1 atom stereocenters. The Labute approximate surface area is 166 Å². The number of carbonyl (C=O) groups is 2. The molecule has 148 valence electrons. The molecule has 1 aliphatic heterocycles. The quantitative estimate of drug-likeness (QED) is 0.769. The number of amides is 2. The van der Waals surface area contributed by atoms with Gasteiger partial charge in [0.25, 0.3) is 0 Å². The Morgan fingerprint density at radius 1 is 0.929 bits per heavy atom. The van der Waals surface area contributed by atoms with Crippen LogP contribution in [-0.4, -0.2) is 47.8 Å². The third kappa shape index (κ3) is 5.18. The summed E-state index contributed by atoms with van der Waals surface area (Å²) >= 11 is 0. The van der Waals surface area contributed by atoms with Crippen LogP contribution in [0.5, 0.6) is 0 Å². The van der Waals surface area contributed by atoms with E-state index in [2.05, 4.69) is 0 Å². The highest BCUT2D eigenvalue weighted by molar-refractivity contribution is 5.80. The lowest BCUT2D eigenvalue weighted by Gasteiger charge is -2.36. The van der Waals surface area contributed by atoms with Gasteiger partial charge in [-0.3, -0.25) is 9.59 Å². The number of piperazine rings is 1. The van der Waals surface area contributed by atoms with Gasteiger partial charge in [-0.25, -0.2) is 4.39 Å². The highest BCUT2D eigenvalue weighted by atomic mass is 19.1. The first-order chi connectivity index (χ1) is 13.5. The first kappa shape index (κ1) is 20.1. The van der Waals surface area contributed by atoms with Crippen LogP contribution in [0.25, 0.3) is 0 Å². The summed E-state index contributed by atoms with van der Waals surface area (Å²) in [5.74, 6) is -0.182. The lowest BCUT2D eigenvalue weighted by molar-refractivity contribution is -0.141.